The second-order valence-corrected chi connectivity index (χ2v) is 7.75. The molecule has 0 radical (unpaired) electrons. The molecule has 17 heavy (non-hydrogen) atoms. The molecule has 0 amide bonds. The van der Waals surface area contributed by atoms with E-state index in [-0.39, 0.29) is 5.54 Å². The van der Waals surface area contributed by atoms with Crippen LogP contribution in [-0.2, 0) is 0 Å². The quantitative estimate of drug-likeness (QED) is 0.889. The second-order valence-electron chi connectivity index (χ2n) is 6.86. The second kappa shape index (κ2) is 4.06. The van der Waals surface area contributed by atoms with Gasteiger partial charge in [-0.15, -0.1) is 11.3 Å². The predicted octanol–water partition coefficient (Wildman–Crippen LogP) is 3.58. The third-order valence-electron chi connectivity index (χ3n) is 3.81. The molecule has 0 spiro atoms. The van der Waals surface area contributed by atoms with Crippen molar-refractivity contribution in [2.45, 2.75) is 53.0 Å². The standard InChI is InChI=1S/C14H24N2S/c1-9-8-17-12(16-9)11-10(14(11,5)6)7-15-13(2,3)4/h8,10-11,15H,7H2,1-6H3. The van der Waals surface area contributed by atoms with Crippen molar-refractivity contribution < 1.29 is 0 Å². The maximum atomic E-state index is 4.65. The highest BCUT2D eigenvalue weighted by Crippen LogP contribution is 2.64. The molecule has 2 atom stereocenters. The first kappa shape index (κ1) is 13.0. The summed E-state index contributed by atoms with van der Waals surface area (Å²) >= 11 is 1.82. The monoisotopic (exact) mass is 252 g/mol. The van der Waals surface area contributed by atoms with Crippen molar-refractivity contribution in [2.24, 2.45) is 11.3 Å². The Morgan fingerprint density at radius 2 is 2.06 bits per heavy atom. The predicted molar refractivity (Wildman–Crippen MR) is 74.6 cm³/mol. The Kier molecular flexibility index (Phi) is 3.11. The van der Waals surface area contributed by atoms with E-state index in [4.69, 9.17) is 0 Å². The van der Waals surface area contributed by atoms with Crippen molar-refractivity contribution in [2.75, 3.05) is 6.54 Å². The summed E-state index contributed by atoms with van der Waals surface area (Å²) in [6.45, 7) is 14.6. The average Bonchev–Trinajstić information content (AvgIpc) is 2.52. The Bertz CT molecular complexity index is 401. The van der Waals surface area contributed by atoms with Gasteiger partial charge in [0.25, 0.3) is 0 Å². The first-order valence-corrected chi connectivity index (χ1v) is 7.27. The Hall–Kier alpha value is -0.410. The van der Waals surface area contributed by atoms with Crippen LogP contribution in [-0.4, -0.2) is 17.1 Å². The average molecular weight is 252 g/mol. The summed E-state index contributed by atoms with van der Waals surface area (Å²) < 4.78 is 0. The van der Waals surface area contributed by atoms with Crippen molar-refractivity contribution in [3.8, 4) is 0 Å². The van der Waals surface area contributed by atoms with E-state index in [1.165, 1.54) is 5.01 Å². The van der Waals surface area contributed by atoms with Gasteiger partial charge in [-0.1, -0.05) is 13.8 Å². The number of rotatable bonds is 3. The topological polar surface area (TPSA) is 24.9 Å². The molecule has 2 nitrogen and oxygen atoms in total. The van der Waals surface area contributed by atoms with Crippen LogP contribution in [0.4, 0.5) is 0 Å². The van der Waals surface area contributed by atoms with Crippen molar-refractivity contribution in [1.29, 1.82) is 0 Å². The third kappa shape index (κ3) is 2.71. The molecule has 1 fully saturated rings. The molecule has 96 valence electrons. The summed E-state index contributed by atoms with van der Waals surface area (Å²) in [6.07, 6.45) is 0. The molecule has 1 N–H and O–H groups in total. The molecule has 3 heteroatoms. The fraction of sp³-hybridized carbons (Fsp3) is 0.786. The molecule has 0 aliphatic heterocycles. The van der Waals surface area contributed by atoms with E-state index in [2.05, 4.69) is 57.2 Å². The lowest BCUT2D eigenvalue weighted by molar-refractivity contribution is 0.396. The van der Waals surface area contributed by atoms with E-state index in [1.807, 2.05) is 11.3 Å². The fourth-order valence-electron chi connectivity index (χ4n) is 2.55. The van der Waals surface area contributed by atoms with Gasteiger partial charge in [-0.25, -0.2) is 4.98 Å². The minimum atomic E-state index is 0.210. The minimum absolute atomic E-state index is 0.210. The van der Waals surface area contributed by atoms with E-state index < -0.39 is 0 Å². The zero-order chi connectivity index (χ0) is 12.8. The SMILES string of the molecule is Cc1csc(C2C(CNC(C)(C)C)C2(C)C)n1. The normalized spacial score (nSPS) is 27.2. The summed E-state index contributed by atoms with van der Waals surface area (Å²) in [4.78, 5) is 4.65. The Morgan fingerprint density at radius 1 is 1.41 bits per heavy atom. The largest absolute Gasteiger partial charge is 0.312 e. The van der Waals surface area contributed by atoms with Gasteiger partial charge < -0.3 is 5.32 Å². The van der Waals surface area contributed by atoms with Crippen LogP contribution < -0.4 is 5.32 Å². The van der Waals surface area contributed by atoms with Crippen molar-refractivity contribution in [3.63, 3.8) is 0 Å². The van der Waals surface area contributed by atoms with Gasteiger partial charge in [0.15, 0.2) is 0 Å². The van der Waals surface area contributed by atoms with Crippen LogP contribution in [0.1, 0.15) is 51.2 Å². The zero-order valence-electron chi connectivity index (χ0n) is 11.8. The van der Waals surface area contributed by atoms with Gasteiger partial charge in [0.1, 0.15) is 0 Å². The first-order chi connectivity index (χ1) is 7.72. The van der Waals surface area contributed by atoms with Crippen LogP contribution in [0.5, 0.6) is 0 Å². The van der Waals surface area contributed by atoms with Crippen molar-refractivity contribution in [1.82, 2.24) is 10.3 Å². The summed E-state index contributed by atoms with van der Waals surface area (Å²) in [5.41, 5.74) is 1.78. The molecule has 0 aromatic carbocycles. The van der Waals surface area contributed by atoms with Crippen LogP contribution in [0.25, 0.3) is 0 Å². The van der Waals surface area contributed by atoms with Gasteiger partial charge in [-0.2, -0.15) is 0 Å². The number of aryl methyl sites for hydroxylation is 1. The minimum Gasteiger partial charge on any atom is -0.312 e. The highest BCUT2D eigenvalue weighted by atomic mass is 32.1. The maximum Gasteiger partial charge on any atom is 0.0968 e. The Balaban J connectivity index is 2.01. The van der Waals surface area contributed by atoms with Gasteiger partial charge in [0.2, 0.25) is 0 Å². The van der Waals surface area contributed by atoms with Crippen LogP contribution in [0.15, 0.2) is 5.38 Å². The molecule has 0 saturated heterocycles. The fourth-order valence-corrected chi connectivity index (χ4v) is 3.70. The summed E-state index contributed by atoms with van der Waals surface area (Å²) in [5.74, 6) is 1.38. The van der Waals surface area contributed by atoms with Crippen LogP contribution in [0, 0.1) is 18.3 Å². The smallest absolute Gasteiger partial charge is 0.0968 e. The van der Waals surface area contributed by atoms with Crippen molar-refractivity contribution in [3.05, 3.63) is 16.1 Å². The molecular formula is C14H24N2S. The van der Waals surface area contributed by atoms with E-state index in [0.717, 1.165) is 18.2 Å². The third-order valence-corrected chi connectivity index (χ3v) is 4.85. The van der Waals surface area contributed by atoms with Gasteiger partial charge >= 0.3 is 0 Å². The molecule has 1 aromatic heterocycles. The summed E-state index contributed by atoms with van der Waals surface area (Å²) in [6, 6.07) is 0. The molecule has 1 heterocycles. The van der Waals surface area contributed by atoms with E-state index in [1.54, 1.807) is 0 Å². The van der Waals surface area contributed by atoms with Crippen LogP contribution >= 0.6 is 11.3 Å². The maximum absolute atomic E-state index is 4.65. The van der Waals surface area contributed by atoms with E-state index in [9.17, 15) is 0 Å². The molecule has 1 aromatic rings. The van der Waals surface area contributed by atoms with Crippen molar-refractivity contribution >= 4 is 11.3 Å². The number of hydrogen-bond acceptors (Lipinski definition) is 3. The lowest BCUT2D eigenvalue weighted by atomic mass is 10.1. The van der Waals surface area contributed by atoms with E-state index in [0.29, 0.717) is 11.3 Å². The van der Waals surface area contributed by atoms with E-state index >= 15 is 0 Å². The molecule has 2 rings (SSSR count). The Morgan fingerprint density at radius 3 is 2.53 bits per heavy atom. The van der Waals surface area contributed by atoms with Gasteiger partial charge in [0.05, 0.1) is 5.01 Å². The highest BCUT2D eigenvalue weighted by molar-refractivity contribution is 7.09. The summed E-state index contributed by atoms with van der Waals surface area (Å²) in [7, 11) is 0. The molecular weight excluding hydrogens is 228 g/mol. The molecule has 2 unspecified atom stereocenters. The number of nitrogens with one attached hydrogen (secondary N) is 1. The summed E-state index contributed by atoms with van der Waals surface area (Å²) in [5, 5.41) is 7.11. The molecule has 0 bridgehead atoms. The number of aromatic nitrogens is 1. The van der Waals surface area contributed by atoms with Crippen LogP contribution in [0.2, 0.25) is 0 Å². The van der Waals surface area contributed by atoms with Gasteiger partial charge in [-0.05, 0) is 45.6 Å². The molecule has 1 saturated carbocycles. The van der Waals surface area contributed by atoms with Gasteiger partial charge in [-0.3, -0.25) is 0 Å². The van der Waals surface area contributed by atoms with Crippen LogP contribution in [0.3, 0.4) is 0 Å². The number of thiazole rings is 1. The lowest BCUT2D eigenvalue weighted by Gasteiger charge is -2.20. The molecule has 1 aliphatic carbocycles. The molecule has 1 aliphatic rings. The zero-order valence-corrected chi connectivity index (χ0v) is 12.6. The number of nitrogens with zero attached hydrogens (tertiary/aromatic N) is 1. The number of hydrogen-bond donors (Lipinski definition) is 1. The van der Waals surface area contributed by atoms with Gasteiger partial charge in [0, 0.05) is 22.5 Å². The lowest BCUT2D eigenvalue weighted by Crippen LogP contribution is -2.37. The Labute approximate surface area is 109 Å². The highest BCUT2D eigenvalue weighted by Gasteiger charge is 2.59. The first-order valence-electron chi connectivity index (χ1n) is 6.39.